The molecule has 0 N–H and O–H groups in total. The van der Waals surface area contributed by atoms with Crippen LogP contribution in [0.5, 0.6) is 0 Å². The molecule has 0 bridgehead atoms. The molecule has 9 heteroatoms. The summed E-state index contributed by atoms with van der Waals surface area (Å²) in [4.78, 5) is 18.9. The molecular weight excluding hydrogens is 380 g/mol. The maximum Gasteiger partial charge on any atom is 0.282 e. The van der Waals surface area contributed by atoms with Crippen LogP contribution < -0.4 is 0 Å². The molecule has 150 valence electrons. The average molecular weight is 404 g/mol. The molecule has 2 aliphatic rings. The van der Waals surface area contributed by atoms with Crippen LogP contribution in [0.4, 0.5) is 0 Å². The third kappa shape index (κ3) is 3.88. The van der Waals surface area contributed by atoms with Crippen molar-refractivity contribution in [1.29, 1.82) is 0 Å². The van der Waals surface area contributed by atoms with Crippen molar-refractivity contribution in [2.24, 2.45) is 0 Å². The second kappa shape index (κ2) is 8.12. The van der Waals surface area contributed by atoms with Crippen molar-refractivity contribution in [3.05, 3.63) is 42.1 Å². The van der Waals surface area contributed by atoms with Crippen LogP contribution in [-0.2, 0) is 26.2 Å². The normalized spacial score (nSPS) is 19.8. The molecular formula is C19H24N4O4S. The van der Waals surface area contributed by atoms with Gasteiger partial charge in [0.05, 0.1) is 25.2 Å². The highest BCUT2D eigenvalue weighted by Gasteiger charge is 2.34. The number of nitrogens with zero attached hydrogens (tertiary/aromatic N) is 4. The summed E-state index contributed by atoms with van der Waals surface area (Å²) in [6.07, 6.45) is 2.00. The van der Waals surface area contributed by atoms with Crippen molar-refractivity contribution < 1.29 is 17.9 Å². The number of benzene rings is 1. The number of carbonyl (C=O) groups is 1. The van der Waals surface area contributed by atoms with Crippen LogP contribution in [0.2, 0.25) is 0 Å². The number of hydrogen-bond acceptors (Lipinski definition) is 5. The molecule has 0 saturated carbocycles. The summed E-state index contributed by atoms with van der Waals surface area (Å²) >= 11 is 0. The van der Waals surface area contributed by atoms with Crippen LogP contribution in [0, 0.1) is 0 Å². The Hall–Kier alpha value is -2.07. The molecule has 0 radical (unpaired) electrons. The van der Waals surface area contributed by atoms with Gasteiger partial charge in [0, 0.05) is 50.9 Å². The van der Waals surface area contributed by atoms with Gasteiger partial charge in [0.25, 0.3) is 10.2 Å². The first kappa shape index (κ1) is 19.3. The lowest BCUT2D eigenvalue weighted by Crippen LogP contribution is -2.56. The Labute approximate surface area is 164 Å². The highest BCUT2D eigenvalue weighted by Crippen LogP contribution is 2.18. The third-order valence-electron chi connectivity index (χ3n) is 5.27. The number of pyridine rings is 1. The Morgan fingerprint density at radius 2 is 1.64 bits per heavy atom. The average Bonchev–Trinajstić information content (AvgIpc) is 2.75. The van der Waals surface area contributed by atoms with Crippen molar-refractivity contribution >= 4 is 27.0 Å². The van der Waals surface area contributed by atoms with Crippen molar-refractivity contribution in [3.8, 4) is 0 Å². The maximum atomic E-state index is 12.8. The van der Waals surface area contributed by atoms with Gasteiger partial charge in [-0.3, -0.25) is 9.78 Å². The fourth-order valence-electron chi connectivity index (χ4n) is 3.69. The lowest BCUT2D eigenvalue weighted by Gasteiger charge is -2.37. The smallest absolute Gasteiger partial charge is 0.282 e. The van der Waals surface area contributed by atoms with Gasteiger partial charge in [0.1, 0.15) is 0 Å². The topological polar surface area (TPSA) is 83.1 Å². The minimum atomic E-state index is -3.48. The minimum Gasteiger partial charge on any atom is -0.379 e. The monoisotopic (exact) mass is 404 g/mol. The Kier molecular flexibility index (Phi) is 5.58. The Bertz CT molecular complexity index is 946. The summed E-state index contributed by atoms with van der Waals surface area (Å²) in [7, 11) is -3.48. The van der Waals surface area contributed by atoms with Crippen LogP contribution in [0.25, 0.3) is 10.9 Å². The number of rotatable bonds is 4. The molecule has 4 rings (SSSR count). The molecule has 0 unspecified atom stereocenters. The number of amides is 1. The fraction of sp³-hybridized carbons (Fsp3) is 0.474. The number of ether oxygens (including phenoxy) is 1. The predicted octanol–water partition coefficient (Wildman–Crippen LogP) is 0.499. The van der Waals surface area contributed by atoms with Crippen LogP contribution in [0.3, 0.4) is 0 Å². The van der Waals surface area contributed by atoms with Gasteiger partial charge in [0.2, 0.25) is 5.91 Å². The second-order valence-corrected chi connectivity index (χ2v) is 8.90. The van der Waals surface area contributed by atoms with Gasteiger partial charge >= 0.3 is 0 Å². The quantitative estimate of drug-likeness (QED) is 0.741. The standard InChI is InChI=1S/C19H24N4O4S/c24-18(15-17-4-1-3-16-5-2-6-20-19(16)17)21-7-9-22(10-8-21)28(25,26)23-11-13-27-14-12-23/h1-6H,7-15H2. The van der Waals surface area contributed by atoms with E-state index < -0.39 is 10.2 Å². The molecule has 1 aromatic heterocycles. The largest absolute Gasteiger partial charge is 0.379 e. The molecule has 0 aliphatic carbocycles. The first-order valence-corrected chi connectivity index (χ1v) is 10.9. The summed E-state index contributed by atoms with van der Waals surface area (Å²) in [6.45, 7) is 3.07. The van der Waals surface area contributed by atoms with Crippen LogP contribution in [0.1, 0.15) is 5.56 Å². The molecule has 2 aliphatic heterocycles. The zero-order valence-electron chi connectivity index (χ0n) is 15.7. The van der Waals surface area contributed by atoms with Crippen molar-refractivity contribution in [1.82, 2.24) is 18.5 Å². The SMILES string of the molecule is O=C(Cc1cccc2cccnc12)N1CCN(S(=O)(=O)N2CCOCC2)CC1. The molecule has 0 spiro atoms. The number of fused-ring (bicyclic) bond motifs is 1. The van der Waals surface area contributed by atoms with Crippen LogP contribution >= 0.6 is 0 Å². The van der Waals surface area contributed by atoms with E-state index in [0.717, 1.165) is 16.5 Å². The number of hydrogen-bond donors (Lipinski definition) is 0. The second-order valence-electron chi connectivity index (χ2n) is 6.97. The summed E-state index contributed by atoms with van der Waals surface area (Å²) in [5, 5.41) is 1.01. The maximum absolute atomic E-state index is 12.8. The van der Waals surface area contributed by atoms with Crippen molar-refractivity contribution in [3.63, 3.8) is 0 Å². The zero-order chi connectivity index (χ0) is 19.6. The number of piperazine rings is 1. The Morgan fingerprint density at radius 3 is 2.39 bits per heavy atom. The van der Waals surface area contributed by atoms with E-state index in [9.17, 15) is 13.2 Å². The summed E-state index contributed by atoms with van der Waals surface area (Å²) in [5.41, 5.74) is 1.73. The van der Waals surface area contributed by atoms with Crippen LogP contribution in [-0.4, -0.2) is 85.3 Å². The van der Waals surface area contributed by atoms with Gasteiger partial charge in [-0.2, -0.15) is 17.0 Å². The van der Waals surface area contributed by atoms with E-state index >= 15 is 0 Å². The first-order chi connectivity index (χ1) is 13.6. The lowest BCUT2D eigenvalue weighted by atomic mass is 10.1. The highest BCUT2D eigenvalue weighted by atomic mass is 32.2. The molecule has 3 heterocycles. The molecule has 0 atom stereocenters. The van der Waals surface area contributed by atoms with E-state index in [-0.39, 0.29) is 12.3 Å². The summed E-state index contributed by atoms with van der Waals surface area (Å²) in [6, 6.07) is 9.69. The van der Waals surface area contributed by atoms with E-state index in [1.54, 1.807) is 11.1 Å². The predicted molar refractivity (Wildman–Crippen MR) is 105 cm³/mol. The van der Waals surface area contributed by atoms with Gasteiger partial charge in [0.15, 0.2) is 0 Å². The molecule has 28 heavy (non-hydrogen) atoms. The minimum absolute atomic E-state index is 0.00146. The first-order valence-electron chi connectivity index (χ1n) is 9.49. The van der Waals surface area contributed by atoms with Gasteiger partial charge in [-0.05, 0) is 11.6 Å². The molecule has 2 saturated heterocycles. The number of aromatic nitrogens is 1. The molecule has 2 aromatic rings. The zero-order valence-corrected chi connectivity index (χ0v) is 16.5. The Balaban J connectivity index is 1.39. The van der Waals surface area contributed by atoms with Gasteiger partial charge in [-0.25, -0.2) is 0 Å². The molecule has 2 fully saturated rings. The molecule has 8 nitrogen and oxygen atoms in total. The van der Waals surface area contributed by atoms with E-state index in [0.29, 0.717) is 52.5 Å². The summed E-state index contributed by atoms with van der Waals surface area (Å²) in [5.74, 6) is 0.00146. The third-order valence-corrected chi connectivity index (χ3v) is 7.31. The van der Waals surface area contributed by atoms with Crippen molar-refractivity contribution in [2.75, 3.05) is 52.5 Å². The molecule has 1 aromatic carbocycles. The van der Waals surface area contributed by atoms with E-state index in [2.05, 4.69) is 4.98 Å². The van der Waals surface area contributed by atoms with Gasteiger partial charge in [-0.1, -0.05) is 24.3 Å². The van der Waals surface area contributed by atoms with Gasteiger partial charge < -0.3 is 9.64 Å². The van der Waals surface area contributed by atoms with E-state index in [1.807, 2.05) is 30.3 Å². The van der Waals surface area contributed by atoms with E-state index in [1.165, 1.54) is 8.61 Å². The Morgan fingerprint density at radius 1 is 0.964 bits per heavy atom. The fourth-order valence-corrected chi connectivity index (χ4v) is 5.26. The highest BCUT2D eigenvalue weighted by molar-refractivity contribution is 7.86. The number of carbonyl (C=O) groups excluding carboxylic acids is 1. The van der Waals surface area contributed by atoms with Gasteiger partial charge in [-0.15, -0.1) is 0 Å². The lowest BCUT2D eigenvalue weighted by molar-refractivity contribution is -0.131. The van der Waals surface area contributed by atoms with Crippen molar-refractivity contribution in [2.45, 2.75) is 6.42 Å². The van der Waals surface area contributed by atoms with Crippen LogP contribution in [0.15, 0.2) is 36.5 Å². The molecule has 1 amide bonds. The number of morpholine rings is 1. The van der Waals surface area contributed by atoms with E-state index in [4.69, 9.17) is 4.74 Å². The summed E-state index contributed by atoms with van der Waals surface area (Å²) < 4.78 is 33.7. The number of para-hydroxylation sites is 1.